The number of alkyl halides is 1. The number of aliphatic hydroxyl groups is 1. The van der Waals surface area contributed by atoms with Gasteiger partial charge in [-0.2, -0.15) is 0 Å². The van der Waals surface area contributed by atoms with Crippen molar-refractivity contribution < 1.29 is 5.11 Å². The molecule has 0 aromatic carbocycles. The normalized spacial score (nSPS) is 13.5. The molecule has 1 atom stereocenters. The Morgan fingerprint density at radius 3 is 2.50 bits per heavy atom. The van der Waals surface area contributed by atoms with Gasteiger partial charge in [0.2, 0.25) is 0 Å². The van der Waals surface area contributed by atoms with Crippen LogP contribution in [0.1, 0.15) is 32.6 Å². The quantitative estimate of drug-likeness (QED) is 0.526. The molecule has 0 amide bonds. The Balaban J connectivity index is 2.97. The summed E-state index contributed by atoms with van der Waals surface area (Å²) in [5.41, 5.74) is 0. The van der Waals surface area contributed by atoms with Crippen molar-refractivity contribution in [2.75, 3.05) is 11.9 Å². The van der Waals surface area contributed by atoms with E-state index in [0.29, 0.717) is 6.61 Å². The van der Waals surface area contributed by atoms with E-state index in [4.69, 9.17) is 5.11 Å². The highest BCUT2D eigenvalue weighted by Crippen LogP contribution is 2.12. The van der Waals surface area contributed by atoms with E-state index in [2.05, 4.69) is 22.9 Å². The fourth-order valence-electron chi connectivity index (χ4n) is 0.935. The summed E-state index contributed by atoms with van der Waals surface area (Å²) in [7, 11) is 0. The molecule has 0 spiro atoms. The highest BCUT2D eigenvalue weighted by molar-refractivity contribution is 9.09. The van der Waals surface area contributed by atoms with Crippen LogP contribution in [-0.2, 0) is 0 Å². The minimum Gasteiger partial charge on any atom is -0.396 e. The molecule has 1 nitrogen and oxygen atoms in total. The molecule has 0 radical (unpaired) electrons. The Morgan fingerprint density at radius 1 is 1.30 bits per heavy atom. The van der Waals surface area contributed by atoms with Gasteiger partial charge in [-0.05, 0) is 18.8 Å². The van der Waals surface area contributed by atoms with Crippen LogP contribution in [0.3, 0.4) is 0 Å². The van der Waals surface area contributed by atoms with Crippen molar-refractivity contribution in [1.29, 1.82) is 0 Å². The molecule has 0 aliphatic heterocycles. The van der Waals surface area contributed by atoms with E-state index in [9.17, 15) is 0 Å². The van der Waals surface area contributed by atoms with Crippen molar-refractivity contribution in [3.63, 3.8) is 0 Å². The van der Waals surface area contributed by atoms with Gasteiger partial charge < -0.3 is 5.11 Å². The third-order valence-electron chi connectivity index (χ3n) is 1.71. The van der Waals surface area contributed by atoms with Crippen LogP contribution in [0.5, 0.6) is 0 Å². The van der Waals surface area contributed by atoms with Crippen LogP contribution < -0.4 is 0 Å². The predicted molar refractivity (Wildman–Crippen MR) is 48.5 cm³/mol. The lowest BCUT2D eigenvalue weighted by molar-refractivity contribution is 0.278. The first-order chi connectivity index (χ1) is 4.81. The zero-order valence-corrected chi connectivity index (χ0v) is 8.23. The van der Waals surface area contributed by atoms with Gasteiger partial charge in [-0.15, -0.1) is 0 Å². The lowest BCUT2D eigenvalue weighted by atomic mass is 10.0. The minimum absolute atomic E-state index is 0.348. The Bertz CT molecular complexity index is 66.3. The fourth-order valence-corrected chi connectivity index (χ4v) is 1.72. The molecule has 0 unspecified atom stereocenters. The first-order valence-electron chi connectivity index (χ1n) is 3.98. The van der Waals surface area contributed by atoms with E-state index in [1.807, 2.05) is 0 Å². The molecule has 0 fully saturated rings. The first-order valence-corrected chi connectivity index (χ1v) is 5.10. The van der Waals surface area contributed by atoms with Gasteiger partial charge in [-0.3, -0.25) is 0 Å². The topological polar surface area (TPSA) is 20.2 Å². The summed E-state index contributed by atoms with van der Waals surface area (Å²) in [6, 6.07) is 0. The molecular formula is C8H17BrO. The maximum atomic E-state index is 8.50. The molecule has 0 aromatic rings. The van der Waals surface area contributed by atoms with Crippen molar-refractivity contribution in [2.45, 2.75) is 32.6 Å². The van der Waals surface area contributed by atoms with Crippen molar-refractivity contribution >= 4 is 15.9 Å². The van der Waals surface area contributed by atoms with Gasteiger partial charge in [-0.25, -0.2) is 0 Å². The van der Waals surface area contributed by atoms with Crippen LogP contribution >= 0.6 is 15.9 Å². The van der Waals surface area contributed by atoms with Gasteiger partial charge in [0.15, 0.2) is 0 Å². The molecular weight excluding hydrogens is 192 g/mol. The summed E-state index contributed by atoms with van der Waals surface area (Å²) < 4.78 is 0. The molecule has 0 aromatic heterocycles. The van der Waals surface area contributed by atoms with E-state index in [0.717, 1.165) is 17.7 Å². The summed E-state index contributed by atoms with van der Waals surface area (Å²) in [5.74, 6) is 0.811. The highest BCUT2D eigenvalue weighted by Gasteiger charge is 1.99. The second-order valence-corrected chi connectivity index (χ2v) is 3.60. The van der Waals surface area contributed by atoms with Gasteiger partial charge in [-0.1, -0.05) is 35.7 Å². The standard InChI is InChI=1S/C8H17BrO/c1-8(5-6-9)4-2-3-7-10/h8,10H,2-7H2,1H3/t8-/m0/s1. The van der Waals surface area contributed by atoms with Crippen LogP contribution in [0.4, 0.5) is 0 Å². The van der Waals surface area contributed by atoms with Crippen LogP contribution in [0.15, 0.2) is 0 Å². The molecule has 0 saturated heterocycles. The third kappa shape index (κ3) is 6.56. The fraction of sp³-hybridized carbons (Fsp3) is 1.00. The van der Waals surface area contributed by atoms with Crippen LogP contribution in [0.2, 0.25) is 0 Å². The number of hydrogen-bond acceptors (Lipinski definition) is 1. The van der Waals surface area contributed by atoms with Crippen LogP contribution in [-0.4, -0.2) is 17.0 Å². The van der Waals surface area contributed by atoms with Gasteiger partial charge >= 0.3 is 0 Å². The highest BCUT2D eigenvalue weighted by atomic mass is 79.9. The molecule has 0 heterocycles. The van der Waals surface area contributed by atoms with Crippen LogP contribution in [0.25, 0.3) is 0 Å². The van der Waals surface area contributed by atoms with Crippen molar-refractivity contribution in [3.05, 3.63) is 0 Å². The van der Waals surface area contributed by atoms with E-state index >= 15 is 0 Å². The maximum Gasteiger partial charge on any atom is 0.0431 e. The van der Waals surface area contributed by atoms with E-state index < -0.39 is 0 Å². The van der Waals surface area contributed by atoms with Crippen molar-refractivity contribution in [1.82, 2.24) is 0 Å². The van der Waals surface area contributed by atoms with Gasteiger partial charge in [0.1, 0.15) is 0 Å². The first kappa shape index (κ1) is 10.4. The molecule has 0 saturated carbocycles. The molecule has 0 rings (SSSR count). The SMILES string of the molecule is C[C@H](CCBr)CCCCO. The summed E-state index contributed by atoms with van der Waals surface area (Å²) in [6.45, 7) is 2.61. The zero-order chi connectivity index (χ0) is 7.82. The monoisotopic (exact) mass is 208 g/mol. The molecule has 10 heavy (non-hydrogen) atoms. The van der Waals surface area contributed by atoms with Crippen molar-refractivity contribution in [3.8, 4) is 0 Å². The van der Waals surface area contributed by atoms with E-state index in [-0.39, 0.29) is 0 Å². The van der Waals surface area contributed by atoms with Gasteiger partial charge in [0.25, 0.3) is 0 Å². The minimum atomic E-state index is 0.348. The second-order valence-electron chi connectivity index (χ2n) is 2.80. The molecule has 0 aliphatic carbocycles. The predicted octanol–water partition coefficient (Wildman–Crippen LogP) is 2.57. The number of aliphatic hydroxyl groups excluding tert-OH is 1. The Kier molecular flexibility index (Phi) is 7.88. The average Bonchev–Trinajstić information content (AvgIpc) is 1.89. The molecule has 62 valence electrons. The van der Waals surface area contributed by atoms with Crippen LogP contribution in [0, 0.1) is 5.92 Å². The average molecular weight is 209 g/mol. The Labute approximate surface area is 72.0 Å². The summed E-state index contributed by atoms with van der Waals surface area (Å²) in [6.07, 6.45) is 4.65. The number of hydrogen-bond donors (Lipinski definition) is 1. The molecule has 0 aliphatic rings. The van der Waals surface area contributed by atoms with E-state index in [1.54, 1.807) is 0 Å². The maximum absolute atomic E-state index is 8.50. The molecule has 2 heteroatoms. The zero-order valence-electron chi connectivity index (χ0n) is 6.65. The van der Waals surface area contributed by atoms with Gasteiger partial charge in [0, 0.05) is 11.9 Å². The summed E-state index contributed by atoms with van der Waals surface area (Å²) in [5, 5.41) is 9.60. The smallest absolute Gasteiger partial charge is 0.0431 e. The Morgan fingerprint density at radius 2 is 2.00 bits per heavy atom. The van der Waals surface area contributed by atoms with Crippen molar-refractivity contribution in [2.24, 2.45) is 5.92 Å². The molecule has 0 bridgehead atoms. The third-order valence-corrected chi connectivity index (χ3v) is 2.16. The van der Waals surface area contributed by atoms with Gasteiger partial charge in [0.05, 0.1) is 0 Å². The number of unbranched alkanes of at least 4 members (excludes halogenated alkanes) is 1. The largest absolute Gasteiger partial charge is 0.396 e. The lowest BCUT2D eigenvalue weighted by Gasteiger charge is -2.07. The Hall–Kier alpha value is 0.440. The summed E-state index contributed by atoms with van der Waals surface area (Å²) >= 11 is 3.41. The molecule has 1 N–H and O–H groups in total. The number of rotatable bonds is 6. The summed E-state index contributed by atoms with van der Waals surface area (Å²) in [4.78, 5) is 0. The van der Waals surface area contributed by atoms with E-state index in [1.165, 1.54) is 19.3 Å². The lowest BCUT2D eigenvalue weighted by Crippen LogP contribution is -1.95. The number of halogens is 1. The second kappa shape index (κ2) is 7.55.